The van der Waals surface area contributed by atoms with Gasteiger partial charge in [0.25, 0.3) is 0 Å². The van der Waals surface area contributed by atoms with Crippen LogP contribution in [-0.4, -0.2) is 11.2 Å². The van der Waals surface area contributed by atoms with Crippen LogP contribution in [0.5, 0.6) is 5.75 Å². The van der Waals surface area contributed by atoms with Gasteiger partial charge in [0.2, 0.25) is 0 Å². The summed E-state index contributed by atoms with van der Waals surface area (Å²) in [6.45, 7) is 7.67. The monoisotopic (exact) mass is 246 g/mol. The van der Waals surface area contributed by atoms with Gasteiger partial charge < -0.3 is 15.0 Å². The van der Waals surface area contributed by atoms with E-state index in [-0.39, 0.29) is 0 Å². The Bertz CT molecular complexity index is 555. The minimum absolute atomic E-state index is 0.469. The zero-order valence-corrected chi connectivity index (χ0v) is 11.7. The van der Waals surface area contributed by atoms with Crippen LogP contribution in [0, 0.1) is 0 Å². The van der Waals surface area contributed by atoms with Crippen molar-refractivity contribution in [3.63, 3.8) is 0 Å². The second kappa shape index (κ2) is 5.02. The highest BCUT2D eigenvalue weighted by Gasteiger charge is 2.16. The molecule has 0 unspecified atom stereocenters. The quantitative estimate of drug-likeness (QED) is 0.900. The molecule has 18 heavy (non-hydrogen) atoms. The molecular weight excluding hydrogens is 224 g/mol. The van der Waals surface area contributed by atoms with E-state index in [1.807, 2.05) is 13.0 Å². The molecule has 0 aliphatic rings. The molecule has 0 radical (unpaired) electrons. The Balaban J connectivity index is 2.69. The van der Waals surface area contributed by atoms with Crippen LogP contribution < -0.4 is 10.5 Å². The molecule has 3 heteroatoms. The minimum atomic E-state index is 0.469. The summed E-state index contributed by atoms with van der Waals surface area (Å²) < 4.78 is 7.82. The maximum atomic E-state index is 5.94. The summed E-state index contributed by atoms with van der Waals surface area (Å²) >= 11 is 0. The standard InChI is InChI=1S/C15H22N2O/c1-5-18-11-6-7-14-12(8-11)13(9-16)15(10(2)3)17(14)4/h6-8,10H,5,9,16H2,1-4H3. The molecular formula is C15H22N2O. The highest BCUT2D eigenvalue weighted by Crippen LogP contribution is 2.32. The predicted molar refractivity (Wildman–Crippen MR) is 76.1 cm³/mol. The van der Waals surface area contributed by atoms with Crippen molar-refractivity contribution >= 4 is 10.9 Å². The molecule has 0 bridgehead atoms. The van der Waals surface area contributed by atoms with Gasteiger partial charge in [-0.15, -0.1) is 0 Å². The van der Waals surface area contributed by atoms with Gasteiger partial charge in [0.05, 0.1) is 6.61 Å². The van der Waals surface area contributed by atoms with E-state index in [0.717, 1.165) is 5.75 Å². The molecule has 0 aliphatic heterocycles. The molecule has 1 aromatic heterocycles. The van der Waals surface area contributed by atoms with Crippen LogP contribution in [0.2, 0.25) is 0 Å². The molecule has 0 saturated carbocycles. The molecule has 2 aromatic rings. The summed E-state index contributed by atoms with van der Waals surface area (Å²) in [6, 6.07) is 6.24. The summed E-state index contributed by atoms with van der Waals surface area (Å²) in [5, 5.41) is 1.22. The van der Waals surface area contributed by atoms with Crippen molar-refractivity contribution in [1.82, 2.24) is 4.57 Å². The molecule has 98 valence electrons. The fraction of sp³-hybridized carbons (Fsp3) is 0.467. The van der Waals surface area contributed by atoms with Crippen LogP contribution in [0.4, 0.5) is 0 Å². The number of aromatic nitrogens is 1. The number of nitrogens with zero attached hydrogens (tertiary/aromatic N) is 1. The van der Waals surface area contributed by atoms with Crippen LogP contribution in [-0.2, 0) is 13.6 Å². The molecule has 0 spiro atoms. The average molecular weight is 246 g/mol. The number of fused-ring (bicyclic) bond motifs is 1. The highest BCUT2D eigenvalue weighted by atomic mass is 16.5. The minimum Gasteiger partial charge on any atom is -0.494 e. The van der Waals surface area contributed by atoms with Crippen molar-refractivity contribution in [2.75, 3.05) is 6.61 Å². The summed E-state index contributed by atoms with van der Waals surface area (Å²) in [7, 11) is 2.11. The number of hydrogen-bond donors (Lipinski definition) is 1. The number of benzene rings is 1. The third-order valence-electron chi connectivity index (χ3n) is 3.39. The first-order valence-electron chi connectivity index (χ1n) is 6.54. The van der Waals surface area contributed by atoms with Crippen molar-refractivity contribution in [3.8, 4) is 5.75 Å². The normalized spacial score (nSPS) is 11.4. The molecule has 2 rings (SSSR count). The lowest BCUT2D eigenvalue weighted by molar-refractivity contribution is 0.340. The van der Waals surface area contributed by atoms with Gasteiger partial charge >= 0.3 is 0 Å². The first-order valence-corrected chi connectivity index (χ1v) is 6.54. The van der Waals surface area contributed by atoms with Gasteiger partial charge in [0, 0.05) is 30.2 Å². The van der Waals surface area contributed by atoms with E-state index in [2.05, 4.69) is 37.6 Å². The molecule has 0 atom stereocenters. The summed E-state index contributed by atoms with van der Waals surface area (Å²) in [5.41, 5.74) is 9.72. The van der Waals surface area contributed by atoms with Gasteiger partial charge in [0.1, 0.15) is 5.75 Å². The van der Waals surface area contributed by atoms with Crippen molar-refractivity contribution in [2.45, 2.75) is 33.2 Å². The Morgan fingerprint density at radius 3 is 2.61 bits per heavy atom. The number of nitrogens with two attached hydrogens (primary N) is 1. The van der Waals surface area contributed by atoms with Crippen molar-refractivity contribution in [2.24, 2.45) is 12.8 Å². The topological polar surface area (TPSA) is 40.2 Å². The van der Waals surface area contributed by atoms with Crippen LogP contribution in [0.15, 0.2) is 18.2 Å². The maximum Gasteiger partial charge on any atom is 0.120 e. The fourth-order valence-electron chi connectivity index (χ4n) is 2.73. The zero-order valence-electron chi connectivity index (χ0n) is 11.7. The molecule has 0 saturated heterocycles. The Hall–Kier alpha value is -1.48. The highest BCUT2D eigenvalue weighted by molar-refractivity contribution is 5.87. The Labute approximate surface area is 109 Å². The van der Waals surface area contributed by atoms with Crippen LogP contribution in [0.3, 0.4) is 0 Å². The summed E-state index contributed by atoms with van der Waals surface area (Å²) in [4.78, 5) is 0. The first kappa shape index (κ1) is 13.0. The smallest absolute Gasteiger partial charge is 0.120 e. The average Bonchev–Trinajstić information content (AvgIpc) is 2.62. The van der Waals surface area contributed by atoms with Gasteiger partial charge in [-0.3, -0.25) is 0 Å². The van der Waals surface area contributed by atoms with Crippen LogP contribution in [0.25, 0.3) is 10.9 Å². The zero-order chi connectivity index (χ0) is 13.3. The Morgan fingerprint density at radius 1 is 1.33 bits per heavy atom. The lowest BCUT2D eigenvalue weighted by atomic mass is 10.0. The van der Waals surface area contributed by atoms with Gasteiger partial charge in [0.15, 0.2) is 0 Å². The Kier molecular flexibility index (Phi) is 3.62. The molecule has 0 amide bonds. The van der Waals surface area contributed by atoms with E-state index < -0.39 is 0 Å². The second-order valence-electron chi connectivity index (χ2n) is 4.89. The molecule has 0 aliphatic carbocycles. The van der Waals surface area contributed by atoms with Gasteiger partial charge in [-0.25, -0.2) is 0 Å². The molecule has 1 heterocycles. The third kappa shape index (κ3) is 1.99. The molecule has 0 fully saturated rings. The van der Waals surface area contributed by atoms with E-state index in [0.29, 0.717) is 19.1 Å². The van der Waals surface area contributed by atoms with E-state index >= 15 is 0 Å². The van der Waals surface area contributed by atoms with E-state index in [4.69, 9.17) is 10.5 Å². The van der Waals surface area contributed by atoms with Crippen molar-refractivity contribution in [3.05, 3.63) is 29.5 Å². The maximum absolute atomic E-state index is 5.94. The number of rotatable bonds is 4. The second-order valence-corrected chi connectivity index (χ2v) is 4.89. The van der Waals surface area contributed by atoms with Gasteiger partial charge in [-0.05, 0) is 36.6 Å². The third-order valence-corrected chi connectivity index (χ3v) is 3.39. The van der Waals surface area contributed by atoms with E-state index in [1.54, 1.807) is 0 Å². The number of aryl methyl sites for hydroxylation is 1. The van der Waals surface area contributed by atoms with Crippen LogP contribution in [0.1, 0.15) is 37.9 Å². The summed E-state index contributed by atoms with van der Waals surface area (Å²) in [5.74, 6) is 1.39. The van der Waals surface area contributed by atoms with Crippen molar-refractivity contribution < 1.29 is 4.74 Å². The van der Waals surface area contributed by atoms with E-state index in [1.165, 1.54) is 22.2 Å². The van der Waals surface area contributed by atoms with Gasteiger partial charge in [-0.2, -0.15) is 0 Å². The van der Waals surface area contributed by atoms with Crippen LogP contribution >= 0.6 is 0 Å². The largest absolute Gasteiger partial charge is 0.494 e. The lowest BCUT2D eigenvalue weighted by Crippen LogP contribution is -2.05. The molecule has 2 N–H and O–H groups in total. The fourth-order valence-corrected chi connectivity index (χ4v) is 2.73. The van der Waals surface area contributed by atoms with Crippen molar-refractivity contribution in [1.29, 1.82) is 0 Å². The number of ether oxygens (including phenoxy) is 1. The Morgan fingerprint density at radius 2 is 2.06 bits per heavy atom. The predicted octanol–water partition coefficient (Wildman–Crippen LogP) is 3.16. The van der Waals surface area contributed by atoms with Gasteiger partial charge in [-0.1, -0.05) is 13.8 Å². The summed E-state index contributed by atoms with van der Waals surface area (Å²) in [6.07, 6.45) is 0. The first-order chi connectivity index (χ1) is 8.60. The lowest BCUT2D eigenvalue weighted by Gasteiger charge is -2.10. The molecule has 3 nitrogen and oxygen atoms in total. The SMILES string of the molecule is CCOc1ccc2c(c1)c(CN)c(C(C)C)n2C. The molecule has 1 aromatic carbocycles. The van der Waals surface area contributed by atoms with E-state index in [9.17, 15) is 0 Å². The number of hydrogen-bond acceptors (Lipinski definition) is 2.